The zero-order chi connectivity index (χ0) is 16.1. The maximum Gasteiger partial charge on any atom is 0.251 e. The molecular weight excluding hydrogens is 290 g/mol. The highest BCUT2D eigenvalue weighted by Gasteiger charge is 2.07. The molecule has 0 atom stereocenters. The number of aromatic nitrogens is 4. The Morgan fingerprint density at radius 2 is 2.00 bits per heavy atom. The fourth-order valence-corrected chi connectivity index (χ4v) is 2.15. The van der Waals surface area contributed by atoms with Crippen LogP contribution in [0.25, 0.3) is 16.9 Å². The van der Waals surface area contributed by atoms with Crippen LogP contribution in [0.1, 0.15) is 23.7 Å². The number of benzene rings is 1. The minimum Gasteiger partial charge on any atom is -0.352 e. The van der Waals surface area contributed by atoms with Crippen LogP contribution >= 0.6 is 0 Å². The van der Waals surface area contributed by atoms with Crippen molar-refractivity contribution in [2.45, 2.75) is 13.3 Å². The van der Waals surface area contributed by atoms with Crippen LogP contribution in [0, 0.1) is 0 Å². The summed E-state index contributed by atoms with van der Waals surface area (Å²) in [6.07, 6.45) is 9.53. The summed E-state index contributed by atoms with van der Waals surface area (Å²) in [6, 6.07) is 7.33. The van der Waals surface area contributed by atoms with Crippen molar-refractivity contribution in [1.29, 1.82) is 0 Å². The van der Waals surface area contributed by atoms with E-state index < -0.39 is 0 Å². The summed E-state index contributed by atoms with van der Waals surface area (Å²) in [5.41, 5.74) is 3.19. The Morgan fingerprint density at radius 1 is 1.17 bits per heavy atom. The van der Waals surface area contributed by atoms with Crippen LogP contribution in [-0.4, -0.2) is 32.2 Å². The largest absolute Gasteiger partial charge is 0.352 e. The first-order chi connectivity index (χ1) is 11.3. The number of nitrogens with one attached hydrogen (secondary N) is 1. The lowest BCUT2D eigenvalue weighted by Gasteiger charge is -2.05. The third kappa shape index (κ3) is 3.42. The molecule has 0 bridgehead atoms. The van der Waals surface area contributed by atoms with Gasteiger partial charge in [-0.15, -0.1) is 0 Å². The summed E-state index contributed by atoms with van der Waals surface area (Å²) in [7, 11) is 0. The predicted molar refractivity (Wildman–Crippen MR) is 87.2 cm³/mol. The van der Waals surface area contributed by atoms with Crippen LogP contribution in [0.5, 0.6) is 0 Å². The van der Waals surface area contributed by atoms with Gasteiger partial charge in [-0.05, 0) is 30.7 Å². The Hall–Kier alpha value is -3.02. The Balaban J connectivity index is 1.78. The highest BCUT2D eigenvalue weighted by atomic mass is 16.1. The standard InChI is InChI=1S/C17H17N5O/c1-2-7-20-17(23)13-3-5-15(6-4-13)22-12-14(10-21-22)16-11-18-8-9-19-16/h3-6,8-12H,2,7H2,1H3,(H,20,23). The van der Waals surface area contributed by atoms with Crippen molar-refractivity contribution >= 4 is 5.91 Å². The Morgan fingerprint density at radius 3 is 2.70 bits per heavy atom. The summed E-state index contributed by atoms with van der Waals surface area (Å²) in [6.45, 7) is 2.71. The van der Waals surface area contributed by atoms with Crippen LogP contribution < -0.4 is 5.32 Å². The highest BCUT2D eigenvalue weighted by Crippen LogP contribution is 2.17. The van der Waals surface area contributed by atoms with Gasteiger partial charge in [0.15, 0.2) is 0 Å². The van der Waals surface area contributed by atoms with Gasteiger partial charge in [-0.3, -0.25) is 14.8 Å². The number of nitrogens with zero attached hydrogens (tertiary/aromatic N) is 4. The maximum atomic E-state index is 11.9. The van der Waals surface area contributed by atoms with Crippen molar-refractivity contribution in [3.63, 3.8) is 0 Å². The lowest BCUT2D eigenvalue weighted by Crippen LogP contribution is -2.23. The second kappa shape index (κ2) is 6.83. The van der Waals surface area contributed by atoms with Crippen molar-refractivity contribution in [3.05, 3.63) is 60.8 Å². The minimum atomic E-state index is -0.0564. The zero-order valence-corrected chi connectivity index (χ0v) is 12.8. The molecule has 6 nitrogen and oxygen atoms in total. The van der Waals surface area contributed by atoms with Crippen molar-refractivity contribution in [2.75, 3.05) is 6.54 Å². The molecule has 0 saturated carbocycles. The first-order valence-electron chi connectivity index (χ1n) is 7.47. The monoisotopic (exact) mass is 307 g/mol. The van der Waals surface area contributed by atoms with Gasteiger partial charge in [0.05, 0.1) is 23.8 Å². The Bertz CT molecular complexity index is 780. The number of hydrogen-bond donors (Lipinski definition) is 1. The van der Waals surface area contributed by atoms with E-state index in [9.17, 15) is 4.79 Å². The molecule has 0 saturated heterocycles. The molecule has 1 amide bonds. The van der Waals surface area contributed by atoms with Crippen molar-refractivity contribution in [3.8, 4) is 16.9 Å². The van der Waals surface area contributed by atoms with Gasteiger partial charge in [-0.25, -0.2) is 4.68 Å². The van der Waals surface area contributed by atoms with Crippen molar-refractivity contribution in [2.24, 2.45) is 0 Å². The smallest absolute Gasteiger partial charge is 0.251 e. The predicted octanol–water partition coefficient (Wildman–Crippen LogP) is 2.47. The fraction of sp³-hybridized carbons (Fsp3) is 0.176. The minimum absolute atomic E-state index is 0.0564. The van der Waals surface area contributed by atoms with E-state index in [0.717, 1.165) is 23.4 Å². The summed E-state index contributed by atoms with van der Waals surface area (Å²) in [5, 5.41) is 7.19. The molecule has 0 spiro atoms. The lowest BCUT2D eigenvalue weighted by atomic mass is 10.2. The molecule has 0 aliphatic carbocycles. The number of amides is 1. The van der Waals surface area contributed by atoms with Crippen LogP contribution in [0.3, 0.4) is 0 Å². The number of carbonyl (C=O) groups is 1. The van der Waals surface area contributed by atoms with E-state index in [4.69, 9.17) is 0 Å². The van der Waals surface area contributed by atoms with Gasteiger partial charge >= 0.3 is 0 Å². The van der Waals surface area contributed by atoms with E-state index in [0.29, 0.717) is 12.1 Å². The van der Waals surface area contributed by atoms with Gasteiger partial charge in [0.25, 0.3) is 5.91 Å². The van der Waals surface area contributed by atoms with Crippen LogP contribution in [-0.2, 0) is 0 Å². The molecule has 2 aromatic heterocycles. The van der Waals surface area contributed by atoms with Gasteiger partial charge in [-0.2, -0.15) is 5.10 Å². The average molecular weight is 307 g/mol. The molecule has 3 rings (SSSR count). The van der Waals surface area contributed by atoms with Crippen molar-refractivity contribution < 1.29 is 4.79 Å². The number of rotatable bonds is 5. The summed E-state index contributed by atoms with van der Waals surface area (Å²) >= 11 is 0. The third-order valence-electron chi connectivity index (χ3n) is 3.37. The summed E-state index contributed by atoms with van der Waals surface area (Å²) in [5.74, 6) is -0.0564. The maximum absolute atomic E-state index is 11.9. The normalized spacial score (nSPS) is 10.5. The third-order valence-corrected chi connectivity index (χ3v) is 3.37. The average Bonchev–Trinajstić information content (AvgIpc) is 3.11. The molecule has 0 unspecified atom stereocenters. The van der Waals surface area contributed by atoms with Gasteiger partial charge in [-0.1, -0.05) is 6.92 Å². The molecule has 2 heterocycles. The van der Waals surface area contributed by atoms with Crippen molar-refractivity contribution in [1.82, 2.24) is 25.1 Å². The molecule has 1 N–H and O–H groups in total. The first kappa shape index (κ1) is 14.9. The quantitative estimate of drug-likeness (QED) is 0.786. The number of carbonyl (C=O) groups excluding carboxylic acids is 1. The van der Waals surface area contributed by atoms with Crippen LogP contribution in [0.15, 0.2) is 55.2 Å². The van der Waals surface area contributed by atoms with Gasteiger partial charge in [0.2, 0.25) is 0 Å². The van der Waals surface area contributed by atoms with E-state index >= 15 is 0 Å². The second-order valence-corrected chi connectivity index (χ2v) is 5.07. The molecular formula is C17H17N5O. The molecule has 3 aromatic rings. The molecule has 0 fully saturated rings. The fourth-order valence-electron chi connectivity index (χ4n) is 2.15. The summed E-state index contributed by atoms with van der Waals surface area (Å²) in [4.78, 5) is 20.2. The topological polar surface area (TPSA) is 72.7 Å². The van der Waals surface area contributed by atoms with Gasteiger partial charge in [0, 0.05) is 36.3 Å². The van der Waals surface area contributed by atoms with E-state index in [1.807, 2.05) is 25.3 Å². The van der Waals surface area contributed by atoms with E-state index in [2.05, 4.69) is 20.4 Å². The molecule has 6 heteroatoms. The molecule has 1 aromatic carbocycles. The van der Waals surface area contributed by atoms with E-state index in [1.54, 1.807) is 41.6 Å². The van der Waals surface area contributed by atoms with Crippen LogP contribution in [0.2, 0.25) is 0 Å². The molecule has 0 aliphatic rings. The molecule has 23 heavy (non-hydrogen) atoms. The zero-order valence-electron chi connectivity index (χ0n) is 12.8. The number of hydrogen-bond acceptors (Lipinski definition) is 4. The highest BCUT2D eigenvalue weighted by molar-refractivity contribution is 5.94. The Kier molecular flexibility index (Phi) is 4.42. The SMILES string of the molecule is CCCNC(=O)c1ccc(-n2cc(-c3cnccn3)cn2)cc1. The molecule has 0 radical (unpaired) electrons. The Labute approximate surface area is 134 Å². The van der Waals surface area contributed by atoms with Gasteiger partial charge < -0.3 is 5.32 Å². The van der Waals surface area contributed by atoms with E-state index in [-0.39, 0.29) is 5.91 Å². The molecule has 116 valence electrons. The molecule has 0 aliphatic heterocycles. The van der Waals surface area contributed by atoms with E-state index in [1.165, 1.54) is 0 Å². The summed E-state index contributed by atoms with van der Waals surface area (Å²) < 4.78 is 1.75. The lowest BCUT2D eigenvalue weighted by molar-refractivity contribution is 0.0953. The van der Waals surface area contributed by atoms with Crippen LogP contribution in [0.4, 0.5) is 0 Å². The van der Waals surface area contributed by atoms with Gasteiger partial charge in [0.1, 0.15) is 0 Å². The first-order valence-corrected chi connectivity index (χ1v) is 7.47. The second-order valence-electron chi connectivity index (χ2n) is 5.07.